The summed E-state index contributed by atoms with van der Waals surface area (Å²) >= 11 is 2.11. The molecule has 0 saturated carbocycles. The van der Waals surface area contributed by atoms with E-state index in [2.05, 4.69) is 32.8 Å². The minimum atomic E-state index is -0.289. The van der Waals surface area contributed by atoms with E-state index in [0.717, 1.165) is 35.3 Å². The molecular weight excluding hydrogens is 357 g/mol. The van der Waals surface area contributed by atoms with E-state index in [9.17, 15) is 10.1 Å². The van der Waals surface area contributed by atoms with Crippen LogP contribution in [-0.4, -0.2) is 30.6 Å². The Labute approximate surface area is 126 Å². The van der Waals surface area contributed by atoms with Gasteiger partial charge < -0.3 is 10.2 Å². The summed E-state index contributed by atoms with van der Waals surface area (Å²) in [5.74, 6) is 0. The van der Waals surface area contributed by atoms with Crippen LogP contribution in [-0.2, 0) is 0 Å². The van der Waals surface area contributed by atoms with Crippen molar-refractivity contribution in [3.63, 3.8) is 0 Å². The van der Waals surface area contributed by atoms with Crippen LogP contribution in [0.5, 0.6) is 0 Å². The fraction of sp³-hybridized carbons (Fsp3) is 0.538. The quantitative estimate of drug-likeness (QED) is 0.489. The highest BCUT2D eigenvalue weighted by atomic mass is 127. The van der Waals surface area contributed by atoms with E-state index in [1.165, 1.54) is 6.42 Å². The molecule has 1 saturated heterocycles. The second-order valence-electron chi connectivity index (χ2n) is 4.72. The summed E-state index contributed by atoms with van der Waals surface area (Å²) in [6.07, 6.45) is 2.34. The zero-order chi connectivity index (χ0) is 13.8. The number of hydrogen-bond donors (Lipinski definition) is 1. The Morgan fingerprint density at radius 2 is 2.37 bits per heavy atom. The average molecular weight is 375 g/mol. The van der Waals surface area contributed by atoms with Gasteiger partial charge in [-0.3, -0.25) is 10.1 Å². The number of likely N-dealkylation sites (N-methyl/N-ethyl adjacent to an activating group) is 1. The van der Waals surface area contributed by atoms with Gasteiger partial charge in [-0.1, -0.05) is 0 Å². The Balaban J connectivity index is 2.23. The number of halogens is 1. The highest BCUT2D eigenvalue weighted by molar-refractivity contribution is 14.1. The minimum absolute atomic E-state index is 0.201. The maximum Gasteiger partial charge on any atom is 0.293 e. The second-order valence-corrected chi connectivity index (χ2v) is 5.97. The Hall–Kier alpha value is -0.890. The minimum Gasteiger partial charge on any atom is -0.365 e. The van der Waals surface area contributed by atoms with Crippen molar-refractivity contribution >= 4 is 34.0 Å². The Kier molecular flexibility index (Phi) is 4.98. The third-order valence-corrected chi connectivity index (χ3v) is 4.13. The lowest BCUT2D eigenvalue weighted by Gasteiger charge is -2.26. The van der Waals surface area contributed by atoms with E-state index in [1.807, 2.05) is 19.1 Å². The van der Waals surface area contributed by atoms with Crippen molar-refractivity contribution in [1.82, 2.24) is 5.32 Å². The zero-order valence-corrected chi connectivity index (χ0v) is 13.1. The first-order valence-electron chi connectivity index (χ1n) is 6.54. The van der Waals surface area contributed by atoms with Crippen molar-refractivity contribution in [2.45, 2.75) is 25.8 Å². The number of benzene rings is 1. The summed E-state index contributed by atoms with van der Waals surface area (Å²) in [4.78, 5) is 13.0. The molecule has 0 spiro atoms. The number of nitrogens with one attached hydrogen (secondary N) is 1. The fourth-order valence-corrected chi connectivity index (χ4v) is 2.96. The lowest BCUT2D eigenvalue weighted by Crippen LogP contribution is -2.37. The highest BCUT2D eigenvalue weighted by Gasteiger charge is 2.23. The number of nitrogens with zero attached hydrogens (tertiary/aromatic N) is 2. The summed E-state index contributed by atoms with van der Waals surface area (Å²) in [6.45, 7) is 4.70. The Bertz CT molecular complexity index is 461. The molecule has 19 heavy (non-hydrogen) atoms. The molecule has 1 unspecified atom stereocenters. The Morgan fingerprint density at radius 3 is 2.95 bits per heavy atom. The molecule has 1 aromatic carbocycles. The van der Waals surface area contributed by atoms with Gasteiger partial charge in [0.15, 0.2) is 0 Å². The smallest absolute Gasteiger partial charge is 0.293 e. The third-order valence-electron chi connectivity index (χ3n) is 3.46. The van der Waals surface area contributed by atoms with Crippen LogP contribution in [0.25, 0.3) is 0 Å². The van der Waals surface area contributed by atoms with Gasteiger partial charge in [0, 0.05) is 28.8 Å². The van der Waals surface area contributed by atoms with Crippen LogP contribution in [0.1, 0.15) is 19.8 Å². The van der Waals surface area contributed by atoms with Crippen LogP contribution in [0.3, 0.4) is 0 Å². The molecule has 1 N–H and O–H groups in total. The fourth-order valence-electron chi connectivity index (χ4n) is 2.49. The number of anilines is 1. The van der Waals surface area contributed by atoms with Gasteiger partial charge in [-0.25, -0.2) is 0 Å². The van der Waals surface area contributed by atoms with Crippen LogP contribution >= 0.6 is 22.6 Å². The van der Waals surface area contributed by atoms with Gasteiger partial charge in [-0.2, -0.15) is 0 Å². The van der Waals surface area contributed by atoms with E-state index < -0.39 is 0 Å². The summed E-state index contributed by atoms with van der Waals surface area (Å²) in [5, 5.41) is 14.6. The molecule has 1 atom stereocenters. The van der Waals surface area contributed by atoms with Crippen LogP contribution in [0.4, 0.5) is 11.4 Å². The molecule has 1 aliphatic rings. The van der Waals surface area contributed by atoms with Crippen LogP contribution in [0.2, 0.25) is 0 Å². The van der Waals surface area contributed by atoms with Gasteiger partial charge in [-0.15, -0.1) is 0 Å². The molecule has 6 heteroatoms. The van der Waals surface area contributed by atoms with Crippen molar-refractivity contribution in [2.75, 3.05) is 24.5 Å². The molecule has 104 valence electrons. The molecule has 1 fully saturated rings. The number of nitro benzene ring substituents is 1. The number of hydrogen-bond acceptors (Lipinski definition) is 4. The van der Waals surface area contributed by atoms with Crippen molar-refractivity contribution in [3.8, 4) is 0 Å². The van der Waals surface area contributed by atoms with Crippen LogP contribution in [0.15, 0.2) is 18.2 Å². The van der Waals surface area contributed by atoms with Crippen LogP contribution in [0, 0.1) is 13.7 Å². The molecule has 0 bridgehead atoms. The SMILES string of the molecule is CCN(CC1CCCN1)c1ccc(I)cc1[N+](=O)[O-]. The first-order chi connectivity index (χ1) is 9.11. The largest absolute Gasteiger partial charge is 0.365 e. The first-order valence-corrected chi connectivity index (χ1v) is 7.62. The highest BCUT2D eigenvalue weighted by Crippen LogP contribution is 2.30. The normalized spacial score (nSPS) is 18.5. The predicted octanol–water partition coefficient (Wildman–Crippen LogP) is 2.78. The maximum atomic E-state index is 11.2. The summed E-state index contributed by atoms with van der Waals surface area (Å²) in [6, 6.07) is 5.87. The van der Waals surface area contributed by atoms with Crippen LogP contribution < -0.4 is 10.2 Å². The first kappa shape index (κ1) is 14.5. The van der Waals surface area contributed by atoms with Crippen molar-refractivity contribution in [2.24, 2.45) is 0 Å². The van der Waals surface area contributed by atoms with E-state index in [4.69, 9.17) is 0 Å². The predicted molar refractivity (Wildman–Crippen MR) is 84.7 cm³/mol. The van der Waals surface area contributed by atoms with Crippen molar-refractivity contribution in [3.05, 3.63) is 31.9 Å². The van der Waals surface area contributed by atoms with E-state index in [0.29, 0.717) is 6.04 Å². The van der Waals surface area contributed by atoms with Gasteiger partial charge in [0.05, 0.1) is 4.92 Å². The molecule has 0 radical (unpaired) electrons. The van der Waals surface area contributed by atoms with E-state index >= 15 is 0 Å². The topological polar surface area (TPSA) is 58.4 Å². The third kappa shape index (κ3) is 3.56. The lowest BCUT2D eigenvalue weighted by atomic mass is 10.2. The molecule has 5 nitrogen and oxygen atoms in total. The van der Waals surface area contributed by atoms with Gasteiger partial charge in [0.1, 0.15) is 5.69 Å². The molecule has 0 amide bonds. The van der Waals surface area contributed by atoms with E-state index in [-0.39, 0.29) is 10.6 Å². The molecule has 1 heterocycles. The molecule has 2 rings (SSSR count). The van der Waals surface area contributed by atoms with Gasteiger partial charge >= 0.3 is 0 Å². The molecule has 1 aromatic rings. The Morgan fingerprint density at radius 1 is 1.58 bits per heavy atom. The summed E-state index contributed by atoms with van der Waals surface area (Å²) in [7, 11) is 0. The number of nitro groups is 1. The van der Waals surface area contributed by atoms with E-state index in [1.54, 1.807) is 6.07 Å². The molecule has 0 aliphatic carbocycles. The molecular formula is C13H18IN3O2. The standard InChI is InChI=1S/C13H18IN3O2/c1-2-16(9-11-4-3-7-15-11)12-6-5-10(14)8-13(12)17(18)19/h5-6,8,11,15H,2-4,7,9H2,1H3. The van der Waals surface area contributed by atoms with Gasteiger partial charge in [0.25, 0.3) is 5.69 Å². The maximum absolute atomic E-state index is 11.2. The zero-order valence-electron chi connectivity index (χ0n) is 10.9. The van der Waals surface area contributed by atoms with Gasteiger partial charge in [-0.05, 0) is 61.0 Å². The summed E-state index contributed by atoms with van der Waals surface area (Å²) < 4.78 is 0.892. The number of rotatable bonds is 5. The monoisotopic (exact) mass is 375 g/mol. The van der Waals surface area contributed by atoms with Crippen molar-refractivity contribution in [1.29, 1.82) is 0 Å². The average Bonchev–Trinajstić information content (AvgIpc) is 2.89. The molecule has 0 aromatic heterocycles. The molecule has 1 aliphatic heterocycles. The van der Waals surface area contributed by atoms with Gasteiger partial charge in [0.2, 0.25) is 0 Å². The lowest BCUT2D eigenvalue weighted by molar-refractivity contribution is -0.384. The van der Waals surface area contributed by atoms with Crippen molar-refractivity contribution < 1.29 is 4.92 Å². The summed E-state index contributed by atoms with van der Waals surface area (Å²) in [5.41, 5.74) is 0.924. The second kappa shape index (κ2) is 6.51.